The van der Waals surface area contributed by atoms with E-state index >= 15 is 0 Å². The number of hydrogen-bond donors (Lipinski definition) is 2. The fourth-order valence-corrected chi connectivity index (χ4v) is 4.72. The van der Waals surface area contributed by atoms with Crippen molar-refractivity contribution in [2.24, 2.45) is 11.5 Å². The molecule has 0 spiro atoms. The van der Waals surface area contributed by atoms with Crippen LogP contribution in [0.3, 0.4) is 0 Å². The molecule has 10 nitrogen and oxygen atoms in total. The van der Waals surface area contributed by atoms with Gasteiger partial charge < -0.3 is 11.5 Å². The highest BCUT2D eigenvalue weighted by molar-refractivity contribution is 7.14. The molecule has 0 aliphatic carbocycles. The zero-order chi connectivity index (χ0) is 30.6. The van der Waals surface area contributed by atoms with Gasteiger partial charge in [-0.05, 0) is 69.9 Å². The maximum Gasteiger partial charge on any atom is 0.285 e. The third kappa shape index (κ3) is 6.39. The van der Waals surface area contributed by atoms with Gasteiger partial charge in [-0.15, -0.1) is 17.8 Å². The third-order valence-corrected chi connectivity index (χ3v) is 7.08. The number of halogens is 1. The SMILES string of the molecule is C#Cc1nc(C(N)=O)n(-c2ccc(C)nc2)c1C.Cc1ccc(-n2c(C(N)=O)nc(C#Cc3csc(Cl)c3)c2C)cn1. The summed E-state index contributed by atoms with van der Waals surface area (Å²) in [5.74, 6) is 7.41. The quantitative estimate of drug-likeness (QED) is 0.299. The van der Waals surface area contributed by atoms with Crippen LogP contribution in [-0.4, -0.2) is 40.9 Å². The van der Waals surface area contributed by atoms with Gasteiger partial charge in [0.1, 0.15) is 11.4 Å². The zero-order valence-corrected chi connectivity index (χ0v) is 24.7. The number of aryl methyl sites for hydroxylation is 2. The molecule has 12 heteroatoms. The van der Waals surface area contributed by atoms with Gasteiger partial charge in [-0.3, -0.25) is 28.7 Å². The van der Waals surface area contributed by atoms with Crippen molar-refractivity contribution < 1.29 is 9.59 Å². The number of nitrogens with zero attached hydrogens (tertiary/aromatic N) is 6. The molecule has 5 rings (SSSR count). The van der Waals surface area contributed by atoms with Crippen LogP contribution in [-0.2, 0) is 0 Å². The van der Waals surface area contributed by atoms with Crippen molar-refractivity contribution in [2.75, 3.05) is 0 Å². The molecule has 0 bridgehead atoms. The number of aromatic nitrogens is 6. The first-order valence-corrected chi connectivity index (χ1v) is 13.6. The van der Waals surface area contributed by atoms with Gasteiger partial charge in [0.15, 0.2) is 0 Å². The summed E-state index contributed by atoms with van der Waals surface area (Å²) in [7, 11) is 0. The van der Waals surface area contributed by atoms with Crippen molar-refractivity contribution in [3.05, 3.63) is 104 Å². The number of carbonyl (C=O) groups is 2. The van der Waals surface area contributed by atoms with Crippen LogP contribution < -0.4 is 11.5 Å². The van der Waals surface area contributed by atoms with E-state index in [-0.39, 0.29) is 11.6 Å². The van der Waals surface area contributed by atoms with Crippen LogP contribution in [0, 0.1) is 51.9 Å². The Balaban J connectivity index is 0.000000201. The normalized spacial score (nSPS) is 10.2. The molecule has 0 aliphatic rings. The van der Waals surface area contributed by atoms with E-state index in [0.29, 0.717) is 32.8 Å². The van der Waals surface area contributed by atoms with E-state index in [0.717, 1.165) is 22.6 Å². The van der Waals surface area contributed by atoms with Crippen LogP contribution in [0.15, 0.2) is 48.1 Å². The Morgan fingerprint density at radius 3 is 1.74 bits per heavy atom. The Labute approximate surface area is 251 Å². The lowest BCUT2D eigenvalue weighted by atomic mass is 10.3. The second-order valence-electron chi connectivity index (χ2n) is 8.99. The maximum atomic E-state index is 11.8. The van der Waals surface area contributed by atoms with Crippen molar-refractivity contribution in [1.29, 1.82) is 0 Å². The van der Waals surface area contributed by atoms with Gasteiger partial charge in [0.2, 0.25) is 11.6 Å². The minimum atomic E-state index is -0.625. The molecule has 210 valence electrons. The van der Waals surface area contributed by atoms with Crippen molar-refractivity contribution in [2.45, 2.75) is 27.7 Å². The molecule has 5 aromatic heterocycles. The summed E-state index contributed by atoms with van der Waals surface area (Å²) < 4.78 is 3.95. The molecule has 5 heterocycles. The number of imidazole rings is 2. The molecule has 2 amide bonds. The Bertz CT molecular complexity index is 1900. The van der Waals surface area contributed by atoms with Crippen LogP contribution in [0.5, 0.6) is 0 Å². The van der Waals surface area contributed by atoms with Gasteiger partial charge in [-0.2, -0.15) is 0 Å². The molecule has 42 heavy (non-hydrogen) atoms. The number of rotatable bonds is 4. The zero-order valence-electron chi connectivity index (χ0n) is 23.1. The second kappa shape index (κ2) is 12.5. The molecule has 0 unspecified atom stereocenters. The number of terminal acetylenes is 1. The van der Waals surface area contributed by atoms with Crippen LogP contribution in [0.1, 0.15) is 61.0 Å². The van der Waals surface area contributed by atoms with Gasteiger partial charge in [0.25, 0.3) is 11.8 Å². The molecule has 0 saturated heterocycles. The van der Waals surface area contributed by atoms with Gasteiger partial charge in [0.05, 0.1) is 39.5 Å². The molecular weight excluding hydrogens is 572 g/mol. The number of pyridine rings is 2. The van der Waals surface area contributed by atoms with E-state index < -0.39 is 11.8 Å². The highest BCUT2D eigenvalue weighted by Crippen LogP contribution is 2.21. The summed E-state index contributed by atoms with van der Waals surface area (Å²) in [6.07, 6.45) is 8.66. The molecule has 0 atom stereocenters. The minimum absolute atomic E-state index is 0.117. The van der Waals surface area contributed by atoms with E-state index in [1.807, 2.05) is 50.4 Å². The van der Waals surface area contributed by atoms with E-state index in [9.17, 15) is 9.59 Å². The van der Waals surface area contributed by atoms with Gasteiger partial charge in [-0.1, -0.05) is 17.5 Å². The number of amides is 2. The monoisotopic (exact) mass is 596 g/mol. The molecular formula is C30H25ClN8O2S. The summed E-state index contributed by atoms with van der Waals surface area (Å²) >= 11 is 7.31. The first kappa shape index (κ1) is 29.7. The standard InChI is InChI=1S/C17H13ClN4OS.C13H12N4O/c1-10-3-5-13(8-20-10)22-11(2)14(21-17(22)16(19)23)6-4-12-7-15(18)24-9-12;1-4-11-9(3)17(13(16-11)12(14)18)10-6-5-8(2)15-7-10/h3,5,7-9H,1-2H3,(H2,19,23);1,5-7H,2-3H3,(H2,14,18). The summed E-state index contributed by atoms with van der Waals surface area (Å²) in [5.41, 5.74) is 17.1. The lowest BCUT2D eigenvalue weighted by Crippen LogP contribution is -2.18. The van der Waals surface area contributed by atoms with Gasteiger partial charge in [-0.25, -0.2) is 9.97 Å². The molecule has 0 aliphatic heterocycles. The number of primary amides is 2. The molecule has 0 aromatic carbocycles. The van der Waals surface area contributed by atoms with Crippen molar-refractivity contribution in [3.8, 4) is 35.6 Å². The molecule has 0 radical (unpaired) electrons. The fraction of sp³-hybridized carbons (Fsp3) is 0.133. The van der Waals surface area contributed by atoms with E-state index in [1.165, 1.54) is 11.3 Å². The maximum absolute atomic E-state index is 11.8. The minimum Gasteiger partial charge on any atom is -0.363 e. The smallest absolute Gasteiger partial charge is 0.285 e. The Kier molecular flexibility index (Phi) is 8.87. The number of thiophene rings is 1. The van der Waals surface area contributed by atoms with E-state index in [4.69, 9.17) is 29.5 Å². The van der Waals surface area contributed by atoms with E-state index in [1.54, 1.807) is 34.5 Å². The average Bonchev–Trinajstić information content (AvgIpc) is 3.63. The fourth-order valence-electron chi connectivity index (χ4n) is 3.91. The summed E-state index contributed by atoms with van der Waals surface area (Å²) in [5, 5.41) is 1.86. The second-order valence-corrected chi connectivity index (χ2v) is 10.5. The average molecular weight is 597 g/mol. The number of hydrogen-bond acceptors (Lipinski definition) is 7. The summed E-state index contributed by atoms with van der Waals surface area (Å²) in [6, 6.07) is 9.18. The molecule has 0 saturated carbocycles. The topological polar surface area (TPSA) is 148 Å². The van der Waals surface area contributed by atoms with Crippen molar-refractivity contribution in [3.63, 3.8) is 0 Å². The summed E-state index contributed by atoms with van der Waals surface area (Å²) in [6.45, 7) is 7.40. The van der Waals surface area contributed by atoms with Gasteiger partial charge in [0, 0.05) is 22.3 Å². The highest BCUT2D eigenvalue weighted by Gasteiger charge is 2.19. The first-order valence-electron chi connectivity index (χ1n) is 12.4. The number of nitrogens with two attached hydrogens (primary N) is 2. The predicted octanol–water partition coefficient (Wildman–Crippen LogP) is 4.06. The third-order valence-electron chi connectivity index (χ3n) is 5.99. The lowest BCUT2D eigenvalue weighted by molar-refractivity contribution is 0.0980. The van der Waals surface area contributed by atoms with E-state index in [2.05, 4.69) is 37.7 Å². The number of carbonyl (C=O) groups excluding carboxylic acids is 2. The lowest BCUT2D eigenvalue weighted by Gasteiger charge is -2.07. The highest BCUT2D eigenvalue weighted by atomic mass is 35.5. The van der Waals surface area contributed by atoms with Crippen LogP contribution in [0.4, 0.5) is 0 Å². The molecule has 5 aromatic rings. The largest absolute Gasteiger partial charge is 0.363 e. The Hall–Kier alpha value is -5.23. The van der Waals surface area contributed by atoms with Crippen LogP contribution in [0.2, 0.25) is 4.34 Å². The Morgan fingerprint density at radius 1 is 0.833 bits per heavy atom. The van der Waals surface area contributed by atoms with Crippen LogP contribution >= 0.6 is 22.9 Å². The summed E-state index contributed by atoms with van der Waals surface area (Å²) in [4.78, 5) is 39.9. The predicted molar refractivity (Wildman–Crippen MR) is 162 cm³/mol. The molecule has 0 fully saturated rings. The molecule has 4 N–H and O–H groups in total. The van der Waals surface area contributed by atoms with Crippen molar-refractivity contribution in [1.82, 2.24) is 29.1 Å². The first-order chi connectivity index (χ1) is 20.0. The Morgan fingerprint density at radius 2 is 1.33 bits per heavy atom. The van der Waals surface area contributed by atoms with Crippen molar-refractivity contribution >= 4 is 34.8 Å². The van der Waals surface area contributed by atoms with Gasteiger partial charge >= 0.3 is 0 Å². The van der Waals surface area contributed by atoms with Crippen LogP contribution in [0.25, 0.3) is 11.4 Å².